The van der Waals surface area contributed by atoms with Crippen LogP contribution >= 0.6 is 12.4 Å². The number of carbonyl (C=O) groups is 1. The van der Waals surface area contributed by atoms with Gasteiger partial charge in [-0.1, -0.05) is 0 Å². The maximum Gasteiger partial charge on any atom is 0.275 e. The lowest BCUT2D eigenvalue weighted by atomic mass is 10.2. The van der Waals surface area contributed by atoms with E-state index in [0.29, 0.717) is 22.9 Å². The van der Waals surface area contributed by atoms with Crippen molar-refractivity contribution in [1.82, 2.24) is 4.31 Å². The van der Waals surface area contributed by atoms with Crippen LogP contribution in [0.2, 0.25) is 0 Å². The second-order valence-electron chi connectivity index (χ2n) is 5.57. The maximum absolute atomic E-state index is 12.5. The molecule has 9 nitrogen and oxygen atoms in total. The highest BCUT2D eigenvalue weighted by Crippen LogP contribution is 2.38. The summed E-state index contributed by atoms with van der Waals surface area (Å²) in [5.41, 5.74) is 6.61. The standard InChI is InChI=1S/C15H17N3O6S.ClH/c1-8-9(4-14(24-8)25(20,21)18(2)3)15(19)17-11-6-13-12(5-10(11)16)22-7-23-13;/h4-6H,7,16H2,1-3H3,(H,17,19);1H. The van der Waals surface area contributed by atoms with E-state index in [-0.39, 0.29) is 35.6 Å². The van der Waals surface area contributed by atoms with Crippen molar-refractivity contribution >= 4 is 39.7 Å². The molecule has 0 fully saturated rings. The van der Waals surface area contributed by atoms with Gasteiger partial charge in [0.25, 0.3) is 15.9 Å². The molecule has 1 aromatic heterocycles. The number of nitrogens with zero attached hydrogens (tertiary/aromatic N) is 1. The zero-order valence-corrected chi connectivity index (χ0v) is 15.9. The summed E-state index contributed by atoms with van der Waals surface area (Å²) in [6.45, 7) is 1.59. The number of fused-ring (bicyclic) bond motifs is 1. The van der Waals surface area contributed by atoms with Crippen LogP contribution in [0.15, 0.2) is 27.7 Å². The highest BCUT2D eigenvalue weighted by molar-refractivity contribution is 7.88. The molecule has 1 aliphatic heterocycles. The van der Waals surface area contributed by atoms with E-state index >= 15 is 0 Å². The molecule has 1 aliphatic rings. The SMILES string of the molecule is Cc1oc(S(=O)(=O)N(C)C)cc1C(=O)Nc1cc2c(cc1N)OCO2.Cl. The number of sulfonamides is 1. The third-order valence-electron chi connectivity index (χ3n) is 3.67. The number of benzene rings is 1. The number of hydrogen-bond donors (Lipinski definition) is 2. The lowest BCUT2D eigenvalue weighted by Gasteiger charge is -2.09. The monoisotopic (exact) mass is 403 g/mol. The zero-order valence-electron chi connectivity index (χ0n) is 14.2. The van der Waals surface area contributed by atoms with E-state index in [9.17, 15) is 13.2 Å². The van der Waals surface area contributed by atoms with Crippen LogP contribution in [0, 0.1) is 6.92 Å². The predicted molar refractivity (Wildman–Crippen MR) is 96.5 cm³/mol. The Labute approximate surface area is 156 Å². The Morgan fingerprint density at radius 2 is 1.81 bits per heavy atom. The fraction of sp³-hybridized carbons (Fsp3) is 0.267. The molecule has 26 heavy (non-hydrogen) atoms. The van der Waals surface area contributed by atoms with Gasteiger partial charge in [-0.2, -0.15) is 0 Å². The van der Waals surface area contributed by atoms with E-state index in [1.807, 2.05) is 0 Å². The van der Waals surface area contributed by atoms with Crippen LogP contribution in [0.3, 0.4) is 0 Å². The normalized spacial score (nSPS) is 12.8. The van der Waals surface area contributed by atoms with Crippen molar-refractivity contribution in [2.75, 3.05) is 31.9 Å². The molecule has 0 bridgehead atoms. The number of aryl methyl sites for hydroxylation is 1. The number of hydrogen-bond acceptors (Lipinski definition) is 7. The number of nitrogen functional groups attached to an aromatic ring is 1. The number of anilines is 2. The molecule has 0 radical (unpaired) electrons. The van der Waals surface area contributed by atoms with Crippen molar-refractivity contribution in [1.29, 1.82) is 0 Å². The van der Waals surface area contributed by atoms with Crippen molar-refractivity contribution < 1.29 is 27.1 Å². The average Bonchev–Trinajstić information content (AvgIpc) is 3.13. The minimum absolute atomic E-state index is 0. The van der Waals surface area contributed by atoms with Gasteiger partial charge < -0.3 is 24.9 Å². The molecule has 0 saturated heterocycles. The van der Waals surface area contributed by atoms with E-state index in [2.05, 4.69) is 5.32 Å². The number of ether oxygens (including phenoxy) is 2. The van der Waals surface area contributed by atoms with Crippen molar-refractivity contribution in [2.45, 2.75) is 12.0 Å². The number of amides is 1. The summed E-state index contributed by atoms with van der Waals surface area (Å²) in [6.07, 6.45) is 0. The first kappa shape index (κ1) is 19.9. The molecule has 0 atom stereocenters. The summed E-state index contributed by atoms with van der Waals surface area (Å²) < 4.78 is 40.9. The summed E-state index contributed by atoms with van der Waals surface area (Å²) in [5.74, 6) is 0.586. The van der Waals surface area contributed by atoms with Crippen LogP contribution in [-0.4, -0.2) is 39.5 Å². The summed E-state index contributed by atoms with van der Waals surface area (Å²) >= 11 is 0. The third-order valence-corrected chi connectivity index (χ3v) is 5.34. The van der Waals surface area contributed by atoms with Gasteiger partial charge in [0.2, 0.25) is 11.9 Å². The summed E-state index contributed by atoms with van der Waals surface area (Å²) in [6, 6.07) is 4.27. The first-order chi connectivity index (χ1) is 11.7. The Balaban J connectivity index is 0.00000243. The van der Waals surface area contributed by atoms with Gasteiger partial charge >= 0.3 is 0 Å². The first-order valence-electron chi connectivity index (χ1n) is 7.23. The van der Waals surface area contributed by atoms with E-state index in [4.69, 9.17) is 19.6 Å². The van der Waals surface area contributed by atoms with Gasteiger partial charge in [-0.3, -0.25) is 4.79 Å². The smallest absolute Gasteiger partial charge is 0.275 e. The van der Waals surface area contributed by atoms with Crippen LogP contribution in [0.4, 0.5) is 11.4 Å². The molecule has 1 aromatic carbocycles. The van der Waals surface area contributed by atoms with Crippen LogP contribution in [-0.2, 0) is 10.0 Å². The van der Waals surface area contributed by atoms with Crippen LogP contribution in [0.25, 0.3) is 0 Å². The van der Waals surface area contributed by atoms with E-state index in [0.717, 1.165) is 4.31 Å². The Kier molecular flexibility index (Phi) is 5.40. The second kappa shape index (κ2) is 7.06. The lowest BCUT2D eigenvalue weighted by Crippen LogP contribution is -2.21. The molecule has 2 aromatic rings. The predicted octanol–water partition coefficient (Wildman–Crippen LogP) is 1.82. The molecule has 3 N–H and O–H groups in total. The summed E-state index contributed by atoms with van der Waals surface area (Å²) in [4.78, 5) is 12.5. The van der Waals surface area contributed by atoms with Crippen LogP contribution in [0.5, 0.6) is 11.5 Å². The van der Waals surface area contributed by atoms with Gasteiger partial charge in [0.05, 0.1) is 16.9 Å². The van der Waals surface area contributed by atoms with Gasteiger partial charge in [-0.15, -0.1) is 12.4 Å². The molecule has 2 heterocycles. The summed E-state index contributed by atoms with van der Waals surface area (Å²) in [5, 5.41) is 2.32. The Bertz CT molecular complexity index is 955. The minimum atomic E-state index is -3.78. The molecular weight excluding hydrogens is 386 g/mol. The van der Waals surface area contributed by atoms with Crippen LogP contribution in [0.1, 0.15) is 16.1 Å². The van der Waals surface area contributed by atoms with Gasteiger partial charge in [-0.05, 0) is 6.92 Å². The Morgan fingerprint density at radius 1 is 1.19 bits per heavy atom. The van der Waals surface area contributed by atoms with E-state index in [1.165, 1.54) is 27.1 Å². The fourth-order valence-corrected chi connectivity index (χ4v) is 3.10. The molecule has 11 heteroatoms. The average molecular weight is 404 g/mol. The maximum atomic E-state index is 12.5. The minimum Gasteiger partial charge on any atom is -0.454 e. The molecule has 0 spiro atoms. The van der Waals surface area contributed by atoms with E-state index < -0.39 is 15.9 Å². The van der Waals surface area contributed by atoms with Gasteiger partial charge in [0, 0.05) is 32.3 Å². The number of rotatable bonds is 4. The molecular formula is C15H18ClN3O6S. The molecule has 0 saturated carbocycles. The number of carbonyl (C=O) groups excluding carboxylic acids is 1. The topological polar surface area (TPSA) is 124 Å². The second-order valence-corrected chi connectivity index (χ2v) is 7.65. The highest BCUT2D eigenvalue weighted by Gasteiger charge is 2.26. The van der Waals surface area contributed by atoms with Gasteiger partial charge in [-0.25, -0.2) is 12.7 Å². The summed E-state index contributed by atoms with van der Waals surface area (Å²) in [7, 11) is -1.03. The van der Waals surface area contributed by atoms with Gasteiger partial charge in [0.1, 0.15) is 5.76 Å². The highest BCUT2D eigenvalue weighted by atomic mass is 35.5. The van der Waals surface area contributed by atoms with Crippen molar-refractivity contribution in [3.05, 3.63) is 29.5 Å². The van der Waals surface area contributed by atoms with Crippen molar-refractivity contribution in [3.63, 3.8) is 0 Å². The molecule has 1 amide bonds. The van der Waals surface area contributed by atoms with Gasteiger partial charge in [0.15, 0.2) is 11.5 Å². The molecule has 3 rings (SSSR count). The quantitative estimate of drug-likeness (QED) is 0.746. The Hall–Kier alpha value is -2.43. The lowest BCUT2D eigenvalue weighted by molar-refractivity contribution is 0.102. The largest absolute Gasteiger partial charge is 0.454 e. The molecule has 0 aliphatic carbocycles. The number of nitrogens with one attached hydrogen (secondary N) is 1. The first-order valence-corrected chi connectivity index (χ1v) is 8.67. The number of furan rings is 1. The third kappa shape index (κ3) is 3.43. The zero-order chi connectivity index (χ0) is 18.4. The molecule has 142 valence electrons. The van der Waals surface area contributed by atoms with Crippen LogP contribution < -0.4 is 20.5 Å². The fourth-order valence-electron chi connectivity index (χ4n) is 2.24. The molecule has 0 unspecified atom stereocenters. The van der Waals surface area contributed by atoms with Crippen molar-refractivity contribution in [2.24, 2.45) is 0 Å². The number of halogens is 1. The number of nitrogens with two attached hydrogens (primary N) is 1. The van der Waals surface area contributed by atoms with Crippen molar-refractivity contribution in [3.8, 4) is 11.5 Å². The Morgan fingerprint density at radius 3 is 2.42 bits per heavy atom. The van der Waals surface area contributed by atoms with E-state index in [1.54, 1.807) is 12.1 Å².